The number of hydrogen-bond acceptors (Lipinski definition) is 5. The number of hydrogen-bond donors (Lipinski definition) is 2. The van der Waals surface area contributed by atoms with E-state index in [4.69, 9.17) is 5.73 Å². The van der Waals surface area contributed by atoms with Crippen LogP contribution >= 0.6 is 0 Å². The predicted molar refractivity (Wildman–Crippen MR) is 70.9 cm³/mol. The molecular weight excluding hydrogens is 322 g/mol. The second-order valence-corrected chi connectivity index (χ2v) is 5.94. The molecule has 0 aliphatic heterocycles. The number of amides is 1. The third-order valence-electron chi connectivity index (χ3n) is 2.41. The van der Waals surface area contributed by atoms with Crippen LogP contribution in [0.2, 0.25) is 0 Å². The van der Waals surface area contributed by atoms with Gasteiger partial charge in [-0.2, -0.15) is 0 Å². The van der Waals surface area contributed by atoms with E-state index in [1.54, 1.807) is 0 Å². The maximum atomic E-state index is 13.4. The van der Waals surface area contributed by atoms with E-state index in [2.05, 4.69) is 9.46 Å². The Morgan fingerprint density at radius 1 is 1.27 bits per heavy atom. The van der Waals surface area contributed by atoms with Crippen molar-refractivity contribution in [2.24, 2.45) is 5.73 Å². The molecule has 0 bridgehead atoms. The zero-order chi connectivity index (χ0) is 16.8. The number of esters is 1. The van der Waals surface area contributed by atoms with Gasteiger partial charge in [-0.3, -0.25) is 9.59 Å². The Bertz CT molecular complexity index is 663. The van der Waals surface area contributed by atoms with Crippen LogP contribution in [0.4, 0.5) is 8.78 Å². The average Bonchev–Trinajstić information content (AvgIpc) is 2.41. The highest BCUT2D eigenvalue weighted by Gasteiger charge is 2.19. The molecule has 122 valence electrons. The highest BCUT2D eigenvalue weighted by atomic mass is 32.2. The van der Waals surface area contributed by atoms with Gasteiger partial charge in [-0.15, -0.1) is 0 Å². The average molecular weight is 336 g/mol. The highest BCUT2D eigenvalue weighted by Crippen LogP contribution is 2.15. The first-order chi connectivity index (χ1) is 10.2. The second kappa shape index (κ2) is 7.80. The van der Waals surface area contributed by atoms with Crippen LogP contribution in [0.25, 0.3) is 0 Å². The van der Waals surface area contributed by atoms with Gasteiger partial charge in [0, 0.05) is 19.0 Å². The molecule has 1 aromatic rings. The summed E-state index contributed by atoms with van der Waals surface area (Å²) in [6, 6.07) is 2.07. The Labute approximate surface area is 125 Å². The predicted octanol–water partition coefficient (Wildman–Crippen LogP) is 0.0518. The summed E-state index contributed by atoms with van der Waals surface area (Å²) >= 11 is 0. The van der Waals surface area contributed by atoms with Crippen molar-refractivity contribution < 1.29 is 31.5 Å². The summed E-state index contributed by atoms with van der Waals surface area (Å²) in [4.78, 5) is 20.8. The molecule has 0 saturated carbocycles. The number of nitrogens with two attached hydrogens (primary N) is 1. The Balaban J connectivity index is 2.46. The smallest absolute Gasteiger partial charge is 0.306 e. The van der Waals surface area contributed by atoms with E-state index in [-0.39, 0.29) is 19.4 Å². The lowest BCUT2D eigenvalue weighted by atomic mass is 10.3. The van der Waals surface area contributed by atoms with Crippen LogP contribution in [0.15, 0.2) is 23.1 Å². The van der Waals surface area contributed by atoms with Gasteiger partial charge in [-0.05, 0) is 18.6 Å². The third kappa shape index (κ3) is 5.74. The highest BCUT2D eigenvalue weighted by molar-refractivity contribution is 7.89. The molecule has 1 amide bonds. The van der Waals surface area contributed by atoms with Crippen LogP contribution in [-0.2, 0) is 24.3 Å². The summed E-state index contributed by atoms with van der Waals surface area (Å²) in [7, 11) is -4.15. The van der Waals surface area contributed by atoms with Gasteiger partial charge in [0.25, 0.3) is 5.91 Å². The zero-order valence-corrected chi connectivity index (χ0v) is 12.2. The van der Waals surface area contributed by atoms with Crippen LogP contribution in [0.3, 0.4) is 0 Å². The molecule has 0 spiro atoms. The Morgan fingerprint density at radius 3 is 2.55 bits per heavy atom. The number of sulfonamides is 1. The second-order valence-electron chi connectivity index (χ2n) is 4.20. The lowest BCUT2D eigenvalue weighted by Gasteiger charge is -2.07. The first-order valence-corrected chi connectivity index (χ1v) is 7.59. The largest absolute Gasteiger partial charge is 0.456 e. The summed E-state index contributed by atoms with van der Waals surface area (Å²) in [6.45, 7) is -0.712. The number of benzene rings is 1. The van der Waals surface area contributed by atoms with E-state index in [1.165, 1.54) is 0 Å². The van der Waals surface area contributed by atoms with Gasteiger partial charge in [-0.25, -0.2) is 21.9 Å². The van der Waals surface area contributed by atoms with Gasteiger partial charge < -0.3 is 10.5 Å². The minimum atomic E-state index is -4.15. The normalized spacial score (nSPS) is 11.2. The van der Waals surface area contributed by atoms with Gasteiger partial charge in [0.2, 0.25) is 10.0 Å². The molecule has 0 saturated heterocycles. The summed E-state index contributed by atoms with van der Waals surface area (Å²) in [5.41, 5.74) is 4.77. The Kier molecular flexibility index (Phi) is 6.38. The molecule has 0 radical (unpaired) electrons. The number of carbonyl (C=O) groups excluding carboxylic acids is 2. The fourth-order valence-electron chi connectivity index (χ4n) is 1.43. The molecule has 0 aromatic heterocycles. The van der Waals surface area contributed by atoms with E-state index in [0.29, 0.717) is 6.07 Å². The SMILES string of the molecule is NC(=O)COC(=O)CCCNS(=O)(=O)c1ccc(F)cc1F. The van der Waals surface area contributed by atoms with E-state index in [0.717, 1.165) is 12.1 Å². The van der Waals surface area contributed by atoms with Crippen molar-refractivity contribution in [3.8, 4) is 0 Å². The monoisotopic (exact) mass is 336 g/mol. The zero-order valence-electron chi connectivity index (χ0n) is 11.3. The minimum Gasteiger partial charge on any atom is -0.456 e. The molecule has 0 aliphatic carbocycles. The third-order valence-corrected chi connectivity index (χ3v) is 3.90. The minimum absolute atomic E-state index is 0.0691. The Morgan fingerprint density at radius 2 is 1.95 bits per heavy atom. The van der Waals surface area contributed by atoms with E-state index in [1.807, 2.05) is 0 Å². The molecule has 0 fully saturated rings. The number of ether oxygens (including phenoxy) is 1. The fraction of sp³-hybridized carbons (Fsp3) is 0.333. The molecule has 0 unspecified atom stereocenters. The molecule has 10 heteroatoms. The van der Waals surface area contributed by atoms with Crippen molar-refractivity contribution in [2.45, 2.75) is 17.7 Å². The van der Waals surface area contributed by atoms with Gasteiger partial charge in [0.05, 0.1) is 0 Å². The number of halogens is 2. The maximum absolute atomic E-state index is 13.4. The Hall–Kier alpha value is -2.07. The summed E-state index contributed by atoms with van der Waals surface area (Å²) in [5.74, 6) is -3.63. The quantitative estimate of drug-likeness (QED) is 0.514. The first-order valence-electron chi connectivity index (χ1n) is 6.11. The van der Waals surface area contributed by atoms with Crippen LogP contribution < -0.4 is 10.5 Å². The number of nitrogens with one attached hydrogen (secondary N) is 1. The summed E-state index contributed by atoms with van der Waals surface area (Å²) in [6.07, 6.45) is -0.0820. The number of carbonyl (C=O) groups is 2. The molecule has 1 rings (SSSR count). The van der Waals surface area contributed by atoms with Gasteiger partial charge in [-0.1, -0.05) is 0 Å². The number of primary amides is 1. The topological polar surface area (TPSA) is 116 Å². The fourth-order valence-corrected chi connectivity index (χ4v) is 2.57. The molecule has 7 nitrogen and oxygen atoms in total. The van der Waals surface area contributed by atoms with E-state index in [9.17, 15) is 26.8 Å². The lowest BCUT2D eigenvalue weighted by molar-refractivity contribution is -0.147. The van der Waals surface area contributed by atoms with Crippen molar-refractivity contribution in [1.82, 2.24) is 4.72 Å². The van der Waals surface area contributed by atoms with Crippen molar-refractivity contribution in [1.29, 1.82) is 0 Å². The van der Waals surface area contributed by atoms with Gasteiger partial charge in [0.15, 0.2) is 6.61 Å². The molecule has 0 atom stereocenters. The molecule has 0 heterocycles. The molecule has 1 aromatic carbocycles. The number of rotatable bonds is 8. The standard InChI is InChI=1S/C12H14F2N2O5S/c13-8-3-4-10(9(14)6-8)22(19,20)16-5-1-2-12(18)21-7-11(15)17/h3-4,6,16H,1-2,5,7H2,(H2,15,17). The molecule has 22 heavy (non-hydrogen) atoms. The molecule has 3 N–H and O–H groups in total. The van der Waals surface area contributed by atoms with E-state index < -0.39 is 45.0 Å². The summed E-state index contributed by atoms with van der Waals surface area (Å²) < 4.78 is 56.2. The summed E-state index contributed by atoms with van der Waals surface area (Å²) in [5, 5.41) is 0. The van der Waals surface area contributed by atoms with Gasteiger partial charge >= 0.3 is 5.97 Å². The van der Waals surface area contributed by atoms with Crippen molar-refractivity contribution in [3.05, 3.63) is 29.8 Å². The van der Waals surface area contributed by atoms with Crippen molar-refractivity contribution >= 4 is 21.9 Å². The van der Waals surface area contributed by atoms with Crippen molar-refractivity contribution in [2.75, 3.05) is 13.2 Å². The molecular formula is C12H14F2N2O5S. The first kappa shape index (κ1) is 18.0. The lowest BCUT2D eigenvalue weighted by Crippen LogP contribution is -2.26. The van der Waals surface area contributed by atoms with Crippen LogP contribution in [0.5, 0.6) is 0 Å². The molecule has 0 aliphatic rings. The van der Waals surface area contributed by atoms with Crippen molar-refractivity contribution in [3.63, 3.8) is 0 Å². The van der Waals surface area contributed by atoms with E-state index >= 15 is 0 Å². The van der Waals surface area contributed by atoms with Gasteiger partial charge in [0.1, 0.15) is 16.5 Å². The van der Waals surface area contributed by atoms with Crippen LogP contribution in [0.1, 0.15) is 12.8 Å². The maximum Gasteiger partial charge on any atom is 0.306 e. The van der Waals surface area contributed by atoms with Crippen LogP contribution in [0, 0.1) is 11.6 Å². The van der Waals surface area contributed by atoms with Crippen LogP contribution in [-0.4, -0.2) is 33.4 Å².